The summed E-state index contributed by atoms with van der Waals surface area (Å²) in [5.41, 5.74) is 2.25. The lowest BCUT2D eigenvalue weighted by Crippen LogP contribution is -3.00. The molecule has 0 saturated heterocycles. The van der Waals surface area contributed by atoms with Crippen molar-refractivity contribution in [1.29, 1.82) is 0 Å². The monoisotopic (exact) mass is 347 g/mol. The van der Waals surface area contributed by atoms with Crippen LogP contribution >= 0.6 is 0 Å². The Kier molecular flexibility index (Phi) is 7.40. The Hall–Kier alpha value is -1.94. The fourth-order valence-electron chi connectivity index (χ4n) is 1.80. The first-order valence-corrected chi connectivity index (χ1v) is 6.66. The van der Waals surface area contributed by atoms with Crippen molar-refractivity contribution in [2.75, 3.05) is 6.61 Å². The summed E-state index contributed by atoms with van der Waals surface area (Å²) >= 11 is 0. The molecule has 0 saturated carbocycles. The van der Waals surface area contributed by atoms with E-state index in [1.807, 2.05) is 48.8 Å². The molecule has 0 amide bonds. The van der Waals surface area contributed by atoms with Gasteiger partial charge in [0.05, 0.1) is 6.61 Å². The van der Waals surface area contributed by atoms with E-state index in [1.54, 1.807) is 11.5 Å². The van der Waals surface area contributed by atoms with E-state index in [1.165, 1.54) is 0 Å². The number of halogens is 1. The van der Waals surface area contributed by atoms with Crippen LogP contribution in [0, 0.1) is 0 Å². The van der Waals surface area contributed by atoms with Crippen molar-refractivity contribution in [2.24, 2.45) is 0 Å². The number of hydrogen-bond donors (Lipinski definition) is 0. The molecule has 0 aliphatic carbocycles. The third-order valence-electron chi connectivity index (χ3n) is 2.80. The molecule has 0 N–H and O–H groups in total. The Morgan fingerprint density at radius 1 is 1.05 bits per heavy atom. The largest absolute Gasteiger partial charge is 1.00 e. The van der Waals surface area contributed by atoms with Gasteiger partial charge in [-0.15, -0.1) is 0 Å². The number of carbonyl (C=O) groups excluding carboxylic acids is 1. The van der Waals surface area contributed by atoms with E-state index in [0.717, 1.165) is 11.1 Å². The molecule has 1 aromatic heterocycles. The number of benzene rings is 1. The maximum absolute atomic E-state index is 11.4. The molecule has 3 nitrogen and oxygen atoms in total. The number of aromatic nitrogens is 1. The van der Waals surface area contributed by atoms with Gasteiger partial charge in [0.2, 0.25) is 6.54 Å². The van der Waals surface area contributed by atoms with Gasteiger partial charge in [0.25, 0.3) is 0 Å². The molecule has 0 unspecified atom stereocenters. The van der Waals surface area contributed by atoms with Crippen LogP contribution in [0.15, 0.2) is 54.9 Å². The summed E-state index contributed by atoms with van der Waals surface area (Å²) < 4.78 is 6.71. The van der Waals surface area contributed by atoms with E-state index in [-0.39, 0.29) is 29.5 Å². The summed E-state index contributed by atoms with van der Waals surface area (Å²) in [7, 11) is 0. The number of nitrogens with zero attached hydrogens (tertiary/aromatic N) is 1. The van der Waals surface area contributed by atoms with Crippen LogP contribution in [-0.2, 0) is 16.1 Å². The van der Waals surface area contributed by atoms with Gasteiger partial charge >= 0.3 is 5.97 Å². The maximum Gasteiger partial charge on any atom is 0.372 e. The second kappa shape index (κ2) is 9.08. The standard InChI is InChI=1S/C17H18NO2.BrH/c1-2-20-17(19)14-18-12-10-16(11-13-18)9-8-15-6-4-3-5-7-15;/h3-13H,2,14H2,1H3;1H/q+1;/p-1/b9-8+;. The molecule has 0 atom stereocenters. The summed E-state index contributed by atoms with van der Waals surface area (Å²) in [4.78, 5) is 11.4. The minimum absolute atomic E-state index is 0. The fraction of sp³-hybridized carbons (Fsp3) is 0.176. The van der Waals surface area contributed by atoms with Crippen molar-refractivity contribution >= 4 is 18.1 Å². The van der Waals surface area contributed by atoms with Crippen molar-refractivity contribution in [3.63, 3.8) is 0 Å². The molecule has 0 aliphatic heterocycles. The quantitative estimate of drug-likeness (QED) is 0.549. The van der Waals surface area contributed by atoms with E-state index < -0.39 is 0 Å². The number of rotatable bonds is 5. The van der Waals surface area contributed by atoms with Crippen LogP contribution in [0.3, 0.4) is 0 Å². The minimum Gasteiger partial charge on any atom is -1.00 e. The number of ether oxygens (including phenoxy) is 1. The van der Waals surface area contributed by atoms with Gasteiger partial charge in [-0.05, 0) is 18.1 Å². The third-order valence-corrected chi connectivity index (χ3v) is 2.80. The molecule has 2 rings (SSSR count). The smallest absolute Gasteiger partial charge is 0.372 e. The Balaban J connectivity index is 0.00000220. The molecule has 0 bridgehead atoms. The number of esters is 1. The molecule has 4 heteroatoms. The second-order valence-electron chi connectivity index (χ2n) is 4.35. The predicted octanol–water partition coefficient (Wildman–Crippen LogP) is -0.288. The van der Waals surface area contributed by atoms with Gasteiger partial charge in [-0.3, -0.25) is 0 Å². The van der Waals surface area contributed by atoms with Crippen LogP contribution in [-0.4, -0.2) is 12.6 Å². The van der Waals surface area contributed by atoms with Gasteiger partial charge in [-0.1, -0.05) is 42.5 Å². The molecule has 0 radical (unpaired) electrons. The average Bonchev–Trinajstić information content (AvgIpc) is 2.48. The second-order valence-corrected chi connectivity index (χ2v) is 4.35. The average molecular weight is 348 g/mol. The van der Waals surface area contributed by atoms with Gasteiger partial charge in [0, 0.05) is 12.1 Å². The van der Waals surface area contributed by atoms with Gasteiger partial charge in [0.1, 0.15) is 0 Å². The van der Waals surface area contributed by atoms with Gasteiger partial charge in [0.15, 0.2) is 12.4 Å². The minimum atomic E-state index is -0.218. The van der Waals surface area contributed by atoms with E-state index >= 15 is 0 Å². The topological polar surface area (TPSA) is 30.2 Å². The molecular formula is C17H18BrNO2. The Bertz CT molecular complexity index is 579. The molecule has 1 aromatic carbocycles. The highest BCUT2D eigenvalue weighted by Crippen LogP contribution is 2.06. The van der Waals surface area contributed by atoms with Crippen molar-refractivity contribution in [1.82, 2.24) is 0 Å². The van der Waals surface area contributed by atoms with Gasteiger partial charge in [-0.2, -0.15) is 4.57 Å². The van der Waals surface area contributed by atoms with Crippen molar-refractivity contribution in [3.8, 4) is 0 Å². The van der Waals surface area contributed by atoms with Crippen molar-refractivity contribution in [2.45, 2.75) is 13.5 Å². The first-order valence-electron chi connectivity index (χ1n) is 6.66. The molecule has 21 heavy (non-hydrogen) atoms. The molecule has 1 heterocycles. The number of pyridine rings is 1. The van der Waals surface area contributed by atoms with E-state index in [9.17, 15) is 4.79 Å². The summed E-state index contributed by atoms with van der Waals surface area (Å²) in [5, 5.41) is 0. The lowest BCUT2D eigenvalue weighted by Gasteiger charge is -1.98. The Morgan fingerprint density at radius 2 is 1.62 bits per heavy atom. The maximum atomic E-state index is 11.4. The van der Waals surface area contributed by atoms with Gasteiger partial charge < -0.3 is 21.7 Å². The van der Waals surface area contributed by atoms with Crippen molar-refractivity contribution in [3.05, 3.63) is 66.0 Å². The Morgan fingerprint density at radius 3 is 2.19 bits per heavy atom. The molecule has 0 aliphatic rings. The molecule has 110 valence electrons. The van der Waals surface area contributed by atoms with E-state index in [0.29, 0.717) is 6.61 Å². The van der Waals surface area contributed by atoms with Crippen LogP contribution in [0.4, 0.5) is 0 Å². The van der Waals surface area contributed by atoms with Crippen molar-refractivity contribution < 1.29 is 31.1 Å². The van der Waals surface area contributed by atoms with Crippen LogP contribution in [0.5, 0.6) is 0 Å². The highest BCUT2D eigenvalue weighted by Gasteiger charge is 2.08. The fourth-order valence-corrected chi connectivity index (χ4v) is 1.80. The summed E-state index contributed by atoms with van der Waals surface area (Å²) in [6.45, 7) is 2.47. The SMILES string of the molecule is CCOC(=O)C[n+]1ccc(/C=C/c2ccccc2)cc1.[Br-]. The molecule has 2 aromatic rings. The summed E-state index contributed by atoms with van der Waals surface area (Å²) in [6.07, 6.45) is 7.86. The number of hydrogen-bond acceptors (Lipinski definition) is 2. The summed E-state index contributed by atoms with van der Waals surface area (Å²) in [6, 6.07) is 14.1. The summed E-state index contributed by atoms with van der Waals surface area (Å²) in [5.74, 6) is -0.218. The lowest BCUT2D eigenvalue weighted by molar-refractivity contribution is -0.686. The molecule has 0 spiro atoms. The van der Waals surface area contributed by atoms with E-state index in [4.69, 9.17) is 4.74 Å². The number of carbonyl (C=O) groups is 1. The highest BCUT2D eigenvalue weighted by atomic mass is 79.9. The normalized spacial score (nSPS) is 10.1. The zero-order valence-electron chi connectivity index (χ0n) is 11.9. The lowest BCUT2D eigenvalue weighted by atomic mass is 10.1. The van der Waals surface area contributed by atoms with Crippen LogP contribution in [0.25, 0.3) is 12.2 Å². The van der Waals surface area contributed by atoms with Gasteiger partial charge in [-0.25, -0.2) is 4.79 Å². The first-order chi connectivity index (χ1) is 9.78. The zero-order valence-corrected chi connectivity index (χ0v) is 13.5. The van der Waals surface area contributed by atoms with Crippen LogP contribution in [0.2, 0.25) is 0 Å². The first kappa shape index (κ1) is 17.1. The highest BCUT2D eigenvalue weighted by molar-refractivity contribution is 5.69. The van der Waals surface area contributed by atoms with E-state index in [2.05, 4.69) is 18.2 Å². The molecule has 0 fully saturated rings. The third kappa shape index (κ3) is 5.92. The van der Waals surface area contributed by atoms with Crippen LogP contribution < -0.4 is 21.5 Å². The Labute approximate surface area is 135 Å². The predicted molar refractivity (Wildman–Crippen MR) is 78.6 cm³/mol. The van der Waals surface area contributed by atoms with Crippen LogP contribution in [0.1, 0.15) is 18.1 Å². The molecular weight excluding hydrogens is 330 g/mol. The zero-order chi connectivity index (χ0) is 14.2.